The second-order valence-electron chi connectivity index (χ2n) is 3.04. The lowest BCUT2D eigenvalue weighted by Crippen LogP contribution is -2.10. The number of nitrogens with one attached hydrogen (secondary N) is 1. The van der Waals surface area contributed by atoms with E-state index in [0.29, 0.717) is 0 Å². The molecule has 0 aliphatic rings. The number of alkyl halides is 3. The molecule has 94 valence electrons. The molecule has 0 amide bonds. The average molecular weight is 284 g/mol. The maximum Gasteiger partial charge on any atom is 0.420 e. The van der Waals surface area contributed by atoms with E-state index in [1.807, 2.05) is 0 Å². The second-order valence-corrected chi connectivity index (χ2v) is 4.05. The Morgan fingerprint density at radius 1 is 1.47 bits per heavy atom. The fraction of sp³-hybridized carbons (Fsp3) is 0.300. The molecular weight excluding hydrogens is 275 g/mol. The van der Waals surface area contributed by atoms with Gasteiger partial charge in [0, 0.05) is 5.69 Å². The lowest BCUT2D eigenvalue weighted by atomic mass is 10.1. The fourth-order valence-electron chi connectivity index (χ4n) is 1.22. The van der Waals surface area contributed by atoms with Crippen molar-refractivity contribution in [3.63, 3.8) is 0 Å². The van der Waals surface area contributed by atoms with E-state index >= 15 is 0 Å². The molecule has 0 aromatic heterocycles. The summed E-state index contributed by atoms with van der Waals surface area (Å²) in [5.41, 5.74) is -0.696. The third kappa shape index (κ3) is 4.05. The Morgan fingerprint density at radius 2 is 2.12 bits per heavy atom. The van der Waals surface area contributed by atoms with E-state index in [-0.39, 0.29) is 22.5 Å². The molecular formula is C10H9ClF3NOS. The molecule has 0 bridgehead atoms. The Labute approximate surface area is 107 Å². The molecule has 0 spiro atoms. The summed E-state index contributed by atoms with van der Waals surface area (Å²) in [6, 6.07) is 3.54. The highest BCUT2D eigenvalue weighted by Crippen LogP contribution is 2.37. The van der Waals surface area contributed by atoms with Crippen LogP contribution in [0.5, 0.6) is 5.75 Å². The van der Waals surface area contributed by atoms with Gasteiger partial charge in [0.25, 0.3) is 0 Å². The Hall–Kier alpha value is -1.01. The van der Waals surface area contributed by atoms with Crippen molar-refractivity contribution in [3.8, 4) is 5.75 Å². The van der Waals surface area contributed by atoms with Gasteiger partial charge in [-0.2, -0.15) is 13.2 Å². The molecule has 1 rings (SSSR count). The van der Waals surface area contributed by atoms with Gasteiger partial charge in [-0.15, -0.1) is 0 Å². The smallest absolute Gasteiger partial charge is 0.420 e. The molecule has 1 N–H and O–H groups in total. The average Bonchev–Trinajstić information content (AvgIpc) is 2.18. The van der Waals surface area contributed by atoms with Crippen LogP contribution in [0.2, 0.25) is 0 Å². The van der Waals surface area contributed by atoms with Crippen molar-refractivity contribution < 1.29 is 17.9 Å². The third-order valence-corrected chi connectivity index (χ3v) is 2.02. The first kappa shape index (κ1) is 14.1. The molecule has 0 radical (unpaired) electrons. The van der Waals surface area contributed by atoms with E-state index in [2.05, 4.69) is 17.5 Å². The van der Waals surface area contributed by atoms with Crippen molar-refractivity contribution in [3.05, 3.63) is 23.8 Å². The zero-order valence-electron chi connectivity index (χ0n) is 8.77. The van der Waals surface area contributed by atoms with Crippen LogP contribution >= 0.6 is 23.8 Å². The van der Waals surface area contributed by atoms with Gasteiger partial charge >= 0.3 is 6.18 Å². The first-order valence-corrected chi connectivity index (χ1v) is 5.43. The molecule has 0 saturated carbocycles. The highest BCUT2D eigenvalue weighted by Gasteiger charge is 2.34. The zero-order chi connectivity index (χ0) is 13.1. The molecule has 7 heteroatoms. The largest absolute Gasteiger partial charge is 0.493 e. The number of benzene rings is 1. The summed E-state index contributed by atoms with van der Waals surface area (Å²) >= 11 is 9.93. The molecule has 0 unspecified atom stereocenters. The number of rotatable bonds is 3. The molecule has 1 aromatic carbocycles. The van der Waals surface area contributed by atoms with Crippen LogP contribution in [0.15, 0.2) is 18.2 Å². The minimum Gasteiger partial charge on any atom is -0.493 e. The number of halogens is 4. The van der Waals surface area contributed by atoms with Gasteiger partial charge in [-0.25, -0.2) is 0 Å². The predicted molar refractivity (Wildman–Crippen MR) is 64.7 cm³/mol. The van der Waals surface area contributed by atoms with Gasteiger partial charge in [0.15, 0.2) is 4.45 Å². The van der Waals surface area contributed by atoms with Crippen LogP contribution in [0.1, 0.15) is 12.5 Å². The Morgan fingerprint density at radius 3 is 2.59 bits per heavy atom. The van der Waals surface area contributed by atoms with Crippen LogP contribution in [-0.4, -0.2) is 11.1 Å². The first-order chi connectivity index (χ1) is 7.84. The molecule has 0 saturated heterocycles. The van der Waals surface area contributed by atoms with Crippen molar-refractivity contribution in [2.24, 2.45) is 0 Å². The molecule has 0 heterocycles. The van der Waals surface area contributed by atoms with E-state index in [1.165, 1.54) is 12.1 Å². The SMILES string of the molecule is CCOc1ccc(NC(=S)Cl)cc1C(F)(F)F. The molecule has 0 aliphatic carbocycles. The molecule has 0 atom stereocenters. The van der Waals surface area contributed by atoms with Crippen molar-refractivity contribution in [2.45, 2.75) is 13.1 Å². The van der Waals surface area contributed by atoms with Gasteiger partial charge < -0.3 is 10.1 Å². The van der Waals surface area contributed by atoms with E-state index in [0.717, 1.165) is 6.07 Å². The first-order valence-electron chi connectivity index (χ1n) is 4.65. The standard InChI is InChI=1S/C10H9ClF3NOS/c1-2-16-8-4-3-6(15-9(11)17)5-7(8)10(12,13)14/h3-5H,2H2,1H3,(H,15,17). The van der Waals surface area contributed by atoms with E-state index in [1.54, 1.807) is 6.92 Å². The van der Waals surface area contributed by atoms with Gasteiger partial charge in [-0.1, -0.05) is 11.6 Å². The fourth-order valence-corrected chi connectivity index (χ4v) is 1.45. The highest BCUT2D eigenvalue weighted by molar-refractivity contribution is 7.83. The number of ether oxygens (including phenoxy) is 1. The quantitative estimate of drug-likeness (QED) is 0.514. The van der Waals surface area contributed by atoms with E-state index in [9.17, 15) is 13.2 Å². The third-order valence-electron chi connectivity index (χ3n) is 1.83. The lowest BCUT2D eigenvalue weighted by Gasteiger charge is -2.14. The van der Waals surface area contributed by atoms with Crippen LogP contribution in [0, 0.1) is 0 Å². The number of anilines is 1. The predicted octanol–water partition coefficient (Wildman–Crippen LogP) is 4.04. The Kier molecular flexibility index (Phi) is 4.59. The normalized spacial score (nSPS) is 11.1. The minimum atomic E-state index is -4.49. The lowest BCUT2D eigenvalue weighted by molar-refractivity contribution is -0.138. The van der Waals surface area contributed by atoms with Gasteiger partial charge in [0.2, 0.25) is 0 Å². The molecule has 1 aromatic rings. The number of hydrogen-bond donors (Lipinski definition) is 1. The van der Waals surface area contributed by atoms with Gasteiger partial charge in [-0.05, 0) is 37.3 Å². The highest BCUT2D eigenvalue weighted by atomic mass is 35.5. The van der Waals surface area contributed by atoms with Crippen LogP contribution in [0.25, 0.3) is 0 Å². The van der Waals surface area contributed by atoms with Gasteiger partial charge in [-0.3, -0.25) is 0 Å². The van der Waals surface area contributed by atoms with E-state index < -0.39 is 11.7 Å². The summed E-state index contributed by atoms with van der Waals surface area (Å²) in [6.07, 6.45) is -4.49. The molecule has 0 aliphatic heterocycles. The van der Waals surface area contributed by atoms with Crippen LogP contribution < -0.4 is 10.1 Å². The summed E-state index contributed by atoms with van der Waals surface area (Å²) in [6.45, 7) is 1.77. The summed E-state index contributed by atoms with van der Waals surface area (Å²) in [5, 5.41) is 2.43. The molecule has 2 nitrogen and oxygen atoms in total. The maximum atomic E-state index is 12.7. The number of hydrogen-bond acceptors (Lipinski definition) is 2. The minimum absolute atomic E-state index is 0.123. The molecule has 17 heavy (non-hydrogen) atoms. The molecule has 0 fully saturated rings. The summed E-state index contributed by atoms with van der Waals surface area (Å²) < 4.78 is 42.9. The van der Waals surface area contributed by atoms with Crippen LogP contribution in [-0.2, 0) is 6.18 Å². The monoisotopic (exact) mass is 283 g/mol. The van der Waals surface area contributed by atoms with Crippen LogP contribution in [0.4, 0.5) is 18.9 Å². The number of thiocarbonyl (C=S) groups is 1. The summed E-state index contributed by atoms with van der Waals surface area (Å²) in [5.74, 6) is -0.217. The van der Waals surface area contributed by atoms with Crippen molar-refractivity contribution in [2.75, 3.05) is 11.9 Å². The van der Waals surface area contributed by atoms with Crippen molar-refractivity contribution >= 4 is 34.0 Å². The van der Waals surface area contributed by atoms with Gasteiger partial charge in [0.1, 0.15) is 5.75 Å². The van der Waals surface area contributed by atoms with Gasteiger partial charge in [0.05, 0.1) is 12.2 Å². The maximum absolute atomic E-state index is 12.7. The van der Waals surface area contributed by atoms with Crippen LogP contribution in [0.3, 0.4) is 0 Å². The Balaban J connectivity index is 3.14. The summed E-state index contributed by atoms with van der Waals surface area (Å²) in [7, 11) is 0. The van der Waals surface area contributed by atoms with Crippen molar-refractivity contribution in [1.82, 2.24) is 0 Å². The van der Waals surface area contributed by atoms with E-state index in [4.69, 9.17) is 16.3 Å². The summed E-state index contributed by atoms with van der Waals surface area (Å²) in [4.78, 5) is 0. The Bertz CT molecular complexity index is 423. The second kappa shape index (κ2) is 5.55. The zero-order valence-corrected chi connectivity index (χ0v) is 10.3. The van der Waals surface area contributed by atoms with Crippen molar-refractivity contribution in [1.29, 1.82) is 0 Å². The topological polar surface area (TPSA) is 21.3 Å².